The number of amides is 2. The molecular formula is C23H25BrN2O4. The van der Waals surface area contributed by atoms with Crippen molar-refractivity contribution in [3.63, 3.8) is 0 Å². The first-order chi connectivity index (χ1) is 14.3. The van der Waals surface area contributed by atoms with E-state index in [1.54, 1.807) is 11.0 Å². The molecule has 158 valence electrons. The van der Waals surface area contributed by atoms with Gasteiger partial charge in [0.2, 0.25) is 5.91 Å². The maximum absolute atomic E-state index is 12.4. The van der Waals surface area contributed by atoms with Crippen molar-refractivity contribution in [3.05, 3.63) is 63.6 Å². The van der Waals surface area contributed by atoms with Crippen molar-refractivity contribution in [1.82, 2.24) is 4.90 Å². The molecule has 6 nitrogen and oxygen atoms in total. The summed E-state index contributed by atoms with van der Waals surface area (Å²) in [7, 11) is 0. The SMILES string of the molecule is Cc1c(Br)ccc(NC(=O)COC(=O)[C@H]2CC(=O)N([C@H](C)c3ccccc3)C2)c1C. The summed E-state index contributed by atoms with van der Waals surface area (Å²) in [6.07, 6.45) is 0.0998. The molecule has 2 atom stereocenters. The number of likely N-dealkylation sites (tertiary alicyclic amines) is 1. The van der Waals surface area contributed by atoms with Crippen LogP contribution < -0.4 is 5.32 Å². The van der Waals surface area contributed by atoms with E-state index < -0.39 is 17.8 Å². The first kappa shape index (κ1) is 22.0. The summed E-state index contributed by atoms with van der Waals surface area (Å²) in [5.74, 6) is -1.58. The standard InChI is InChI=1S/C23H25BrN2O4/c1-14-15(2)20(10-9-19(14)24)25-21(27)13-30-23(29)18-11-22(28)26(12-18)16(3)17-7-5-4-6-8-17/h4-10,16,18H,11-13H2,1-3H3,(H,25,27)/t16-,18+/m1/s1. The quantitative estimate of drug-likeness (QED) is 0.640. The summed E-state index contributed by atoms with van der Waals surface area (Å²) in [5.41, 5.74) is 3.66. The molecule has 0 aliphatic carbocycles. The number of carbonyl (C=O) groups excluding carboxylic acids is 3. The molecule has 2 aromatic rings. The zero-order valence-electron chi connectivity index (χ0n) is 17.3. The lowest BCUT2D eigenvalue weighted by molar-refractivity contribution is -0.151. The Labute approximate surface area is 184 Å². The van der Waals surface area contributed by atoms with Gasteiger partial charge in [0.1, 0.15) is 0 Å². The third kappa shape index (κ3) is 4.90. The summed E-state index contributed by atoms with van der Waals surface area (Å²) in [5, 5.41) is 2.77. The molecule has 1 saturated heterocycles. The molecule has 0 unspecified atom stereocenters. The monoisotopic (exact) mass is 472 g/mol. The second-order valence-electron chi connectivity index (χ2n) is 7.53. The number of rotatable bonds is 6. The average Bonchev–Trinajstić information content (AvgIpc) is 3.14. The largest absolute Gasteiger partial charge is 0.455 e. The van der Waals surface area contributed by atoms with Crippen molar-refractivity contribution < 1.29 is 19.1 Å². The van der Waals surface area contributed by atoms with Crippen LogP contribution in [0, 0.1) is 19.8 Å². The fraction of sp³-hybridized carbons (Fsp3) is 0.348. The highest BCUT2D eigenvalue weighted by Gasteiger charge is 2.38. The molecule has 1 aliphatic heterocycles. The van der Waals surface area contributed by atoms with Crippen molar-refractivity contribution in [2.24, 2.45) is 5.92 Å². The van der Waals surface area contributed by atoms with Crippen LogP contribution in [0.25, 0.3) is 0 Å². The van der Waals surface area contributed by atoms with Crippen molar-refractivity contribution >= 4 is 39.4 Å². The Balaban J connectivity index is 1.53. The van der Waals surface area contributed by atoms with Gasteiger partial charge in [0, 0.05) is 23.1 Å². The zero-order valence-corrected chi connectivity index (χ0v) is 18.9. The Morgan fingerprint density at radius 2 is 1.87 bits per heavy atom. The average molecular weight is 473 g/mol. The van der Waals surface area contributed by atoms with Gasteiger partial charge in [-0.25, -0.2) is 0 Å². The predicted octanol–water partition coefficient (Wildman–Crippen LogP) is 4.16. The highest BCUT2D eigenvalue weighted by molar-refractivity contribution is 9.10. The summed E-state index contributed by atoms with van der Waals surface area (Å²) in [6.45, 7) is 5.71. The highest BCUT2D eigenvalue weighted by Crippen LogP contribution is 2.29. The first-order valence-electron chi connectivity index (χ1n) is 9.84. The van der Waals surface area contributed by atoms with Crippen LogP contribution in [0.15, 0.2) is 46.9 Å². The molecule has 2 aromatic carbocycles. The van der Waals surface area contributed by atoms with E-state index in [0.717, 1.165) is 21.2 Å². The normalized spacial score (nSPS) is 17.0. The lowest BCUT2D eigenvalue weighted by Gasteiger charge is -2.25. The topological polar surface area (TPSA) is 75.7 Å². The molecule has 1 heterocycles. The van der Waals surface area contributed by atoms with Crippen molar-refractivity contribution in [3.8, 4) is 0 Å². The van der Waals surface area contributed by atoms with Crippen molar-refractivity contribution in [2.45, 2.75) is 33.2 Å². The smallest absolute Gasteiger partial charge is 0.311 e. The van der Waals surface area contributed by atoms with Crippen LogP contribution in [0.4, 0.5) is 5.69 Å². The van der Waals surface area contributed by atoms with Gasteiger partial charge in [-0.2, -0.15) is 0 Å². The lowest BCUT2D eigenvalue weighted by atomic mass is 10.1. The molecule has 0 aromatic heterocycles. The van der Waals surface area contributed by atoms with Crippen LogP contribution in [0.3, 0.4) is 0 Å². The minimum absolute atomic E-state index is 0.0845. The predicted molar refractivity (Wildman–Crippen MR) is 118 cm³/mol. The molecular weight excluding hydrogens is 448 g/mol. The van der Waals surface area contributed by atoms with Gasteiger partial charge in [0.05, 0.1) is 12.0 Å². The molecule has 0 spiro atoms. The second-order valence-corrected chi connectivity index (χ2v) is 8.39. The van der Waals surface area contributed by atoms with E-state index in [1.165, 1.54) is 0 Å². The number of halogens is 1. The summed E-state index contributed by atoms with van der Waals surface area (Å²) in [4.78, 5) is 38.8. The van der Waals surface area contributed by atoms with Crippen LogP contribution in [-0.2, 0) is 19.1 Å². The molecule has 0 bridgehead atoms. The third-order valence-corrected chi connectivity index (χ3v) is 6.44. The van der Waals surface area contributed by atoms with Crippen molar-refractivity contribution in [2.75, 3.05) is 18.5 Å². The highest BCUT2D eigenvalue weighted by atomic mass is 79.9. The minimum Gasteiger partial charge on any atom is -0.455 e. The lowest BCUT2D eigenvalue weighted by Crippen LogP contribution is -2.30. The Hall–Kier alpha value is -2.67. The number of ether oxygens (including phenoxy) is 1. The van der Waals surface area contributed by atoms with Gasteiger partial charge in [-0.1, -0.05) is 46.3 Å². The van der Waals surface area contributed by atoms with Gasteiger partial charge in [-0.15, -0.1) is 0 Å². The number of anilines is 1. The number of benzene rings is 2. The zero-order chi connectivity index (χ0) is 21.8. The summed E-state index contributed by atoms with van der Waals surface area (Å²) in [6, 6.07) is 13.2. The van der Waals surface area contributed by atoms with E-state index >= 15 is 0 Å². The molecule has 3 rings (SSSR count). The van der Waals surface area contributed by atoms with Crippen molar-refractivity contribution in [1.29, 1.82) is 0 Å². The Morgan fingerprint density at radius 1 is 1.17 bits per heavy atom. The fourth-order valence-electron chi connectivity index (χ4n) is 3.54. The van der Waals surface area contributed by atoms with Gasteiger partial charge in [0.25, 0.3) is 5.91 Å². The van der Waals surface area contributed by atoms with Gasteiger partial charge >= 0.3 is 5.97 Å². The van der Waals surface area contributed by atoms with Crippen LogP contribution in [0.1, 0.15) is 36.1 Å². The van der Waals surface area contributed by atoms with Gasteiger partial charge < -0.3 is 15.0 Å². The molecule has 1 fully saturated rings. The number of carbonyl (C=O) groups is 3. The Bertz CT molecular complexity index is 961. The first-order valence-corrected chi connectivity index (χ1v) is 10.6. The third-order valence-electron chi connectivity index (χ3n) is 5.58. The molecule has 2 amide bonds. The Kier molecular flexibility index (Phi) is 6.92. The molecule has 7 heteroatoms. The van der Waals surface area contributed by atoms with Crippen LogP contribution in [-0.4, -0.2) is 35.8 Å². The maximum atomic E-state index is 12.4. The van der Waals surface area contributed by atoms with E-state index in [9.17, 15) is 14.4 Å². The fourth-order valence-corrected chi connectivity index (χ4v) is 3.97. The van der Waals surface area contributed by atoms with E-state index in [2.05, 4.69) is 21.2 Å². The minimum atomic E-state index is -0.562. The van der Waals surface area contributed by atoms with Gasteiger partial charge in [-0.3, -0.25) is 14.4 Å². The molecule has 0 radical (unpaired) electrons. The molecule has 1 aliphatic rings. The van der Waals surface area contributed by atoms with Crippen LogP contribution in [0.2, 0.25) is 0 Å². The molecule has 30 heavy (non-hydrogen) atoms. The van der Waals surface area contributed by atoms with Crippen LogP contribution in [0.5, 0.6) is 0 Å². The summed E-state index contributed by atoms with van der Waals surface area (Å²) >= 11 is 3.45. The number of hydrogen-bond donors (Lipinski definition) is 1. The second kappa shape index (κ2) is 9.43. The van der Waals surface area contributed by atoms with E-state index in [4.69, 9.17) is 4.74 Å². The van der Waals surface area contributed by atoms with Crippen LogP contribution >= 0.6 is 15.9 Å². The van der Waals surface area contributed by atoms with E-state index in [1.807, 2.05) is 57.2 Å². The number of esters is 1. The number of nitrogens with zero attached hydrogens (tertiary/aromatic N) is 1. The van der Waals surface area contributed by atoms with Gasteiger partial charge in [-0.05, 0) is 49.6 Å². The van der Waals surface area contributed by atoms with Gasteiger partial charge in [0.15, 0.2) is 6.61 Å². The Morgan fingerprint density at radius 3 is 2.57 bits per heavy atom. The number of hydrogen-bond acceptors (Lipinski definition) is 4. The molecule has 0 saturated carbocycles. The van der Waals surface area contributed by atoms with E-state index in [0.29, 0.717) is 12.2 Å². The molecule has 1 N–H and O–H groups in total. The summed E-state index contributed by atoms with van der Waals surface area (Å²) < 4.78 is 6.16. The number of nitrogens with one attached hydrogen (secondary N) is 1. The van der Waals surface area contributed by atoms with E-state index in [-0.39, 0.29) is 25.0 Å². The maximum Gasteiger partial charge on any atom is 0.311 e.